The summed E-state index contributed by atoms with van der Waals surface area (Å²) >= 11 is 0. The number of hydrogen-bond donors (Lipinski definition) is 1. The maximum absolute atomic E-state index is 8.55. The molecule has 2 heteroatoms. The van der Waals surface area contributed by atoms with Crippen molar-refractivity contribution in [3.05, 3.63) is 24.5 Å². The Morgan fingerprint density at radius 2 is 2.29 bits per heavy atom. The Kier molecular flexibility index (Phi) is 1.13. The van der Waals surface area contributed by atoms with Gasteiger partial charge in [0, 0.05) is 0 Å². The summed E-state index contributed by atoms with van der Waals surface area (Å²) in [5.74, 6) is 0. The molecule has 0 aromatic rings. The molecule has 0 aromatic carbocycles. The van der Waals surface area contributed by atoms with Gasteiger partial charge in [0.2, 0.25) is 6.29 Å². The lowest BCUT2D eigenvalue weighted by Gasteiger charge is -2.05. The number of ether oxygens (including phenoxy) is 1. The molecule has 1 rings (SSSR count). The van der Waals surface area contributed by atoms with Gasteiger partial charge in [0.15, 0.2) is 0 Å². The molecule has 1 N–H and O–H groups in total. The summed E-state index contributed by atoms with van der Waals surface area (Å²) in [6, 6.07) is 0. The smallest absolute Gasteiger partial charge is 0.216 e. The summed E-state index contributed by atoms with van der Waals surface area (Å²) in [5.41, 5.74) is 0. The van der Waals surface area contributed by atoms with E-state index >= 15 is 0 Å². The molecule has 1 aliphatic heterocycles. The summed E-state index contributed by atoms with van der Waals surface area (Å²) in [6.07, 6.45) is 5.72. The van der Waals surface area contributed by atoms with E-state index in [1.54, 1.807) is 18.2 Å². The van der Waals surface area contributed by atoms with Crippen molar-refractivity contribution in [3.63, 3.8) is 0 Å². The van der Waals surface area contributed by atoms with E-state index in [2.05, 4.69) is 4.74 Å². The van der Waals surface area contributed by atoms with Crippen LogP contribution in [0.4, 0.5) is 0 Å². The maximum atomic E-state index is 8.55. The first kappa shape index (κ1) is 4.40. The highest BCUT2D eigenvalue weighted by Crippen LogP contribution is 1.96. The Labute approximate surface area is 41.7 Å². The molecule has 38 valence electrons. The van der Waals surface area contributed by atoms with E-state index in [0.29, 0.717) is 0 Å². The van der Waals surface area contributed by atoms with E-state index in [9.17, 15) is 0 Å². The predicted molar refractivity (Wildman–Crippen MR) is 25.4 cm³/mol. The Bertz CT molecular complexity index is 105. The molecule has 1 heterocycles. The molecule has 0 amide bonds. The molecule has 2 nitrogen and oxygen atoms in total. The first-order chi connectivity index (χ1) is 3.39. The van der Waals surface area contributed by atoms with Crippen LogP contribution in [-0.4, -0.2) is 11.4 Å². The summed E-state index contributed by atoms with van der Waals surface area (Å²) < 4.78 is 4.57. The molecule has 0 fully saturated rings. The normalized spacial score (nSPS) is 27.3. The quantitative estimate of drug-likeness (QED) is 0.475. The number of aliphatic hydroxyl groups excluding tert-OH is 1. The minimum Gasteiger partial charge on any atom is -0.469 e. The van der Waals surface area contributed by atoms with Crippen LogP contribution in [0.3, 0.4) is 0 Å². The number of hydrogen-bond acceptors (Lipinski definition) is 2. The minimum atomic E-state index is -0.731. The fourth-order valence-electron chi connectivity index (χ4n) is 0.376. The van der Waals surface area contributed by atoms with Gasteiger partial charge in [-0.3, -0.25) is 0 Å². The van der Waals surface area contributed by atoms with Gasteiger partial charge in [-0.25, -0.2) is 0 Å². The van der Waals surface area contributed by atoms with Gasteiger partial charge in [-0.15, -0.1) is 0 Å². The van der Waals surface area contributed by atoms with Gasteiger partial charge in [-0.05, 0) is 12.2 Å². The monoisotopic (exact) mass is 98.0 g/mol. The molecule has 0 aromatic heterocycles. The highest BCUT2D eigenvalue weighted by molar-refractivity contribution is 5.04. The van der Waals surface area contributed by atoms with Gasteiger partial charge in [-0.1, -0.05) is 6.08 Å². The van der Waals surface area contributed by atoms with Crippen molar-refractivity contribution < 1.29 is 9.84 Å². The lowest BCUT2D eigenvalue weighted by Crippen LogP contribution is -2.04. The second-order valence-electron chi connectivity index (χ2n) is 1.24. The lowest BCUT2D eigenvalue weighted by molar-refractivity contribution is -0.0132. The van der Waals surface area contributed by atoms with Crippen LogP contribution >= 0.6 is 0 Å². The first-order valence-corrected chi connectivity index (χ1v) is 2.06. The third kappa shape index (κ3) is 1.05. The Hall–Kier alpha value is -0.760. The van der Waals surface area contributed by atoms with Crippen molar-refractivity contribution in [2.45, 2.75) is 6.29 Å². The molecule has 0 bridgehead atoms. The van der Waals surface area contributed by atoms with Crippen LogP contribution in [0.2, 0.25) is 0 Å². The molecule has 0 radical (unpaired) electrons. The van der Waals surface area contributed by atoms with Gasteiger partial charge in [0.05, 0.1) is 6.26 Å². The molecule has 7 heavy (non-hydrogen) atoms. The minimum absolute atomic E-state index is 0.731. The SMILES string of the molecule is O[C@@H]1C=CC=CO1. The topological polar surface area (TPSA) is 29.5 Å². The molecule has 1 atom stereocenters. The van der Waals surface area contributed by atoms with E-state index in [4.69, 9.17) is 5.11 Å². The summed E-state index contributed by atoms with van der Waals surface area (Å²) in [5, 5.41) is 8.55. The van der Waals surface area contributed by atoms with Crippen LogP contribution in [-0.2, 0) is 4.74 Å². The summed E-state index contributed by atoms with van der Waals surface area (Å²) in [7, 11) is 0. The molecule has 0 spiro atoms. The van der Waals surface area contributed by atoms with Crippen LogP contribution in [0.5, 0.6) is 0 Å². The van der Waals surface area contributed by atoms with E-state index in [1.165, 1.54) is 6.26 Å². The van der Waals surface area contributed by atoms with Crippen LogP contribution < -0.4 is 0 Å². The second-order valence-corrected chi connectivity index (χ2v) is 1.24. The number of allylic oxidation sites excluding steroid dienone is 2. The van der Waals surface area contributed by atoms with Crippen molar-refractivity contribution in [3.8, 4) is 0 Å². The maximum Gasteiger partial charge on any atom is 0.216 e. The van der Waals surface area contributed by atoms with Crippen LogP contribution in [0.25, 0.3) is 0 Å². The van der Waals surface area contributed by atoms with Crippen LogP contribution in [0, 0.1) is 0 Å². The fourth-order valence-corrected chi connectivity index (χ4v) is 0.376. The van der Waals surface area contributed by atoms with Crippen molar-refractivity contribution in [1.82, 2.24) is 0 Å². The van der Waals surface area contributed by atoms with E-state index < -0.39 is 6.29 Å². The summed E-state index contributed by atoms with van der Waals surface area (Å²) in [6.45, 7) is 0. The molecular formula is C5H6O2. The Balaban J connectivity index is 2.49. The van der Waals surface area contributed by atoms with Gasteiger partial charge in [-0.2, -0.15) is 0 Å². The lowest BCUT2D eigenvalue weighted by atomic mass is 10.4. The average molecular weight is 98.1 g/mol. The average Bonchev–Trinajstić information content (AvgIpc) is 1.69. The van der Waals surface area contributed by atoms with E-state index in [-0.39, 0.29) is 0 Å². The van der Waals surface area contributed by atoms with Crippen LogP contribution in [0.1, 0.15) is 0 Å². The van der Waals surface area contributed by atoms with Crippen molar-refractivity contribution in [2.24, 2.45) is 0 Å². The predicted octanol–water partition coefficient (Wildman–Crippen LogP) is 0.405. The standard InChI is InChI=1S/C5H6O2/c6-5-3-1-2-4-7-5/h1-6H/t5-/m0/s1. The molecule has 0 unspecified atom stereocenters. The zero-order valence-electron chi connectivity index (χ0n) is 3.74. The molecule has 1 aliphatic rings. The van der Waals surface area contributed by atoms with Crippen molar-refractivity contribution in [1.29, 1.82) is 0 Å². The van der Waals surface area contributed by atoms with E-state index in [1.807, 2.05) is 0 Å². The number of aliphatic hydroxyl groups is 1. The van der Waals surface area contributed by atoms with Crippen LogP contribution in [0.15, 0.2) is 24.5 Å². The highest BCUT2D eigenvalue weighted by Gasteiger charge is 1.94. The molecule has 0 saturated heterocycles. The first-order valence-electron chi connectivity index (χ1n) is 2.06. The van der Waals surface area contributed by atoms with Crippen molar-refractivity contribution >= 4 is 0 Å². The fraction of sp³-hybridized carbons (Fsp3) is 0.200. The molecular weight excluding hydrogens is 92.1 g/mol. The third-order valence-electron chi connectivity index (χ3n) is 0.683. The van der Waals surface area contributed by atoms with Gasteiger partial charge in [0.25, 0.3) is 0 Å². The molecule has 0 aliphatic carbocycles. The third-order valence-corrected chi connectivity index (χ3v) is 0.683. The summed E-state index contributed by atoms with van der Waals surface area (Å²) in [4.78, 5) is 0. The van der Waals surface area contributed by atoms with Crippen molar-refractivity contribution in [2.75, 3.05) is 0 Å². The Morgan fingerprint density at radius 3 is 2.57 bits per heavy atom. The van der Waals surface area contributed by atoms with Gasteiger partial charge < -0.3 is 9.84 Å². The number of rotatable bonds is 0. The zero-order valence-corrected chi connectivity index (χ0v) is 3.74. The Morgan fingerprint density at radius 1 is 1.43 bits per heavy atom. The van der Waals surface area contributed by atoms with Gasteiger partial charge >= 0.3 is 0 Å². The largest absolute Gasteiger partial charge is 0.469 e. The van der Waals surface area contributed by atoms with Gasteiger partial charge in [0.1, 0.15) is 0 Å². The zero-order chi connectivity index (χ0) is 5.11. The highest BCUT2D eigenvalue weighted by atomic mass is 16.6. The molecule has 0 saturated carbocycles. The van der Waals surface area contributed by atoms with E-state index in [0.717, 1.165) is 0 Å². The second kappa shape index (κ2) is 1.80.